The average Bonchev–Trinajstić information content (AvgIpc) is 2.85. The summed E-state index contributed by atoms with van der Waals surface area (Å²) in [5, 5.41) is 1.02. The van der Waals surface area contributed by atoms with Crippen LogP contribution < -0.4 is 0 Å². The number of aromatic nitrogens is 1. The number of benzene rings is 1. The second kappa shape index (κ2) is 9.04. The molecule has 0 aliphatic heterocycles. The van der Waals surface area contributed by atoms with Gasteiger partial charge in [0.05, 0.1) is 10.0 Å². The molecule has 0 aliphatic carbocycles. The van der Waals surface area contributed by atoms with Crippen molar-refractivity contribution < 1.29 is 4.79 Å². The molecular weight excluding hydrogens is 425 g/mol. The van der Waals surface area contributed by atoms with Gasteiger partial charge in [0.15, 0.2) is 0 Å². The van der Waals surface area contributed by atoms with E-state index in [0.29, 0.717) is 33.7 Å². The van der Waals surface area contributed by atoms with Crippen molar-refractivity contribution in [2.45, 2.75) is 78.6 Å². The summed E-state index contributed by atoms with van der Waals surface area (Å²) < 4.78 is 0. The van der Waals surface area contributed by atoms with Crippen LogP contribution in [0, 0.1) is 5.92 Å². The molecule has 29 heavy (non-hydrogen) atoms. The number of aldehydes is 1. The number of nitrogens with one attached hydrogen (secondary N) is 1. The van der Waals surface area contributed by atoms with Gasteiger partial charge in [0.2, 0.25) is 0 Å². The summed E-state index contributed by atoms with van der Waals surface area (Å²) in [5.74, 6) is -0.216. The molecule has 1 unspecified atom stereocenters. The van der Waals surface area contributed by atoms with Crippen LogP contribution in [0.15, 0.2) is 12.1 Å². The summed E-state index contributed by atoms with van der Waals surface area (Å²) in [6.45, 7) is 15.7. The Morgan fingerprint density at radius 2 is 1.45 bits per heavy atom. The zero-order chi connectivity index (χ0) is 22.1. The number of halogens is 3. The van der Waals surface area contributed by atoms with Crippen LogP contribution in [0.2, 0.25) is 15.2 Å². The van der Waals surface area contributed by atoms with E-state index >= 15 is 0 Å². The average molecular weight is 457 g/mol. The summed E-state index contributed by atoms with van der Waals surface area (Å²) in [5.41, 5.74) is 6.07. The Hall–Kier alpha value is -0.960. The fourth-order valence-corrected chi connectivity index (χ4v) is 4.55. The zero-order valence-electron chi connectivity index (χ0n) is 18.5. The predicted octanol–water partition coefficient (Wildman–Crippen LogP) is 7.73. The number of carbonyl (C=O) groups is 1. The molecule has 1 heterocycles. The highest BCUT2D eigenvalue weighted by atomic mass is 35.5. The molecule has 1 N–H and O–H groups in total. The molecule has 0 radical (unpaired) electrons. The van der Waals surface area contributed by atoms with E-state index < -0.39 is 0 Å². The molecule has 0 spiro atoms. The van der Waals surface area contributed by atoms with Gasteiger partial charge < -0.3 is 9.78 Å². The van der Waals surface area contributed by atoms with Gasteiger partial charge >= 0.3 is 0 Å². The summed E-state index contributed by atoms with van der Waals surface area (Å²) in [6, 6.07) is 4.56. The fraction of sp³-hybridized carbons (Fsp3) is 0.542. The van der Waals surface area contributed by atoms with Gasteiger partial charge in [-0.2, -0.15) is 0 Å². The van der Waals surface area contributed by atoms with Gasteiger partial charge in [0.1, 0.15) is 11.4 Å². The highest BCUT2D eigenvalue weighted by Crippen LogP contribution is 2.37. The maximum absolute atomic E-state index is 11.9. The lowest BCUT2D eigenvalue weighted by Gasteiger charge is -2.31. The highest BCUT2D eigenvalue weighted by Gasteiger charge is 2.26. The van der Waals surface area contributed by atoms with Crippen molar-refractivity contribution in [2.75, 3.05) is 0 Å². The van der Waals surface area contributed by atoms with Gasteiger partial charge in [0.25, 0.3) is 0 Å². The van der Waals surface area contributed by atoms with Crippen LogP contribution in [0.4, 0.5) is 0 Å². The minimum Gasteiger partial charge on any atom is -0.347 e. The summed E-state index contributed by atoms with van der Waals surface area (Å²) in [7, 11) is 0. The van der Waals surface area contributed by atoms with Crippen LogP contribution in [0.1, 0.15) is 76.4 Å². The zero-order valence-corrected chi connectivity index (χ0v) is 20.7. The summed E-state index contributed by atoms with van der Waals surface area (Å²) in [6.07, 6.45) is 3.11. The molecule has 0 fully saturated rings. The molecule has 5 heteroatoms. The lowest BCUT2D eigenvalue weighted by atomic mass is 9.74. The van der Waals surface area contributed by atoms with Crippen LogP contribution >= 0.6 is 34.8 Å². The van der Waals surface area contributed by atoms with Crippen molar-refractivity contribution in [2.24, 2.45) is 5.92 Å². The van der Waals surface area contributed by atoms with Gasteiger partial charge in [-0.15, -0.1) is 0 Å². The molecule has 1 atom stereocenters. The van der Waals surface area contributed by atoms with Crippen LogP contribution in [-0.4, -0.2) is 11.3 Å². The Kier molecular flexibility index (Phi) is 7.58. The normalized spacial score (nSPS) is 13.6. The molecule has 2 rings (SSSR count). The standard InChI is InChI=1S/C24H32Cl3NO/c1-8-16-17(23(2,3)4)10-14(11-18(16)24(5,6)7)9-15(13-29)12-19-20(25)21(26)22(27)28-19/h10-11,13,15,28H,8-9,12H2,1-7H3. The quantitative estimate of drug-likeness (QED) is 0.443. The Bertz CT molecular complexity index is 850. The summed E-state index contributed by atoms with van der Waals surface area (Å²) in [4.78, 5) is 14.9. The molecule has 0 saturated carbocycles. The van der Waals surface area contributed by atoms with E-state index in [0.717, 1.165) is 12.7 Å². The van der Waals surface area contributed by atoms with Gasteiger partial charge in [-0.3, -0.25) is 0 Å². The molecule has 0 bridgehead atoms. The first-order valence-electron chi connectivity index (χ1n) is 10.1. The number of hydrogen-bond acceptors (Lipinski definition) is 1. The molecular formula is C24H32Cl3NO. The van der Waals surface area contributed by atoms with Crippen LogP contribution in [0.3, 0.4) is 0 Å². The third kappa shape index (κ3) is 5.60. The van der Waals surface area contributed by atoms with Gasteiger partial charge in [0, 0.05) is 11.6 Å². The van der Waals surface area contributed by atoms with Crippen molar-refractivity contribution >= 4 is 41.1 Å². The maximum atomic E-state index is 11.9. The third-order valence-electron chi connectivity index (χ3n) is 5.35. The monoisotopic (exact) mass is 455 g/mol. The van der Waals surface area contributed by atoms with Crippen molar-refractivity contribution in [3.63, 3.8) is 0 Å². The topological polar surface area (TPSA) is 32.9 Å². The molecule has 0 saturated heterocycles. The second-order valence-electron chi connectivity index (χ2n) is 9.87. The van der Waals surface area contributed by atoms with E-state index in [2.05, 4.69) is 65.6 Å². The lowest BCUT2D eigenvalue weighted by molar-refractivity contribution is -0.111. The van der Waals surface area contributed by atoms with Crippen LogP contribution in [-0.2, 0) is 34.9 Å². The van der Waals surface area contributed by atoms with E-state index in [1.54, 1.807) is 0 Å². The molecule has 160 valence electrons. The van der Waals surface area contributed by atoms with E-state index in [1.807, 2.05) is 0 Å². The summed E-state index contributed by atoms with van der Waals surface area (Å²) >= 11 is 18.4. The highest BCUT2D eigenvalue weighted by molar-refractivity contribution is 6.48. The number of carbonyl (C=O) groups excluding carboxylic acids is 1. The van der Waals surface area contributed by atoms with E-state index in [-0.39, 0.29) is 16.7 Å². The fourth-order valence-electron chi connectivity index (χ4n) is 3.91. The second-order valence-corrected chi connectivity index (χ2v) is 11.0. The third-order valence-corrected chi connectivity index (χ3v) is 6.62. The number of H-pyrrole nitrogens is 1. The van der Waals surface area contributed by atoms with E-state index in [4.69, 9.17) is 34.8 Å². The molecule has 2 aromatic rings. The predicted molar refractivity (Wildman–Crippen MR) is 126 cm³/mol. The Morgan fingerprint density at radius 1 is 0.931 bits per heavy atom. The van der Waals surface area contributed by atoms with E-state index in [1.165, 1.54) is 22.3 Å². The SMILES string of the molecule is CCc1c(C(C)(C)C)cc(CC(C=O)Cc2[nH]c(Cl)c(Cl)c2Cl)cc1C(C)(C)C. The largest absolute Gasteiger partial charge is 0.347 e. The first kappa shape index (κ1) is 24.3. The molecule has 0 aliphatic rings. The molecule has 2 nitrogen and oxygen atoms in total. The van der Waals surface area contributed by atoms with Gasteiger partial charge in [-0.05, 0) is 52.3 Å². The number of aromatic amines is 1. The van der Waals surface area contributed by atoms with Crippen molar-refractivity contribution in [3.05, 3.63) is 55.3 Å². The van der Waals surface area contributed by atoms with Crippen molar-refractivity contribution in [1.82, 2.24) is 4.98 Å². The lowest BCUT2D eigenvalue weighted by Crippen LogP contribution is -2.22. The first-order valence-corrected chi connectivity index (χ1v) is 11.3. The van der Waals surface area contributed by atoms with Crippen molar-refractivity contribution in [3.8, 4) is 0 Å². The Balaban J connectivity index is 2.47. The maximum Gasteiger partial charge on any atom is 0.126 e. The van der Waals surface area contributed by atoms with E-state index in [9.17, 15) is 4.79 Å². The minimum absolute atomic E-state index is 0.0296. The molecule has 1 aromatic carbocycles. The van der Waals surface area contributed by atoms with Crippen molar-refractivity contribution in [1.29, 1.82) is 0 Å². The Labute approximate surface area is 190 Å². The first-order chi connectivity index (χ1) is 13.3. The number of hydrogen-bond donors (Lipinski definition) is 1. The minimum atomic E-state index is -0.216. The number of rotatable bonds is 6. The van der Waals surface area contributed by atoms with Crippen LogP contribution in [0.25, 0.3) is 0 Å². The smallest absolute Gasteiger partial charge is 0.126 e. The molecule has 0 amide bonds. The Morgan fingerprint density at radius 3 is 1.79 bits per heavy atom. The molecule has 1 aromatic heterocycles. The van der Waals surface area contributed by atoms with Gasteiger partial charge in [-0.1, -0.05) is 95.4 Å². The van der Waals surface area contributed by atoms with Crippen LogP contribution in [0.5, 0.6) is 0 Å². The van der Waals surface area contributed by atoms with Gasteiger partial charge in [-0.25, -0.2) is 0 Å².